The van der Waals surface area contributed by atoms with Crippen LogP contribution in [0.3, 0.4) is 0 Å². The van der Waals surface area contributed by atoms with E-state index in [1.165, 1.54) is 9.47 Å². The van der Waals surface area contributed by atoms with Crippen molar-refractivity contribution in [3.05, 3.63) is 56.7 Å². The minimum absolute atomic E-state index is 0.0614. The molecule has 23 heavy (non-hydrogen) atoms. The Labute approximate surface area is 137 Å². The number of carbonyl (C=O) groups excluding carboxylic acids is 1. The van der Waals surface area contributed by atoms with Gasteiger partial charge in [-0.2, -0.15) is 0 Å². The molecule has 7 nitrogen and oxygen atoms in total. The van der Waals surface area contributed by atoms with Gasteiger partial charge in [-0.25, -0.2) is 4.79 Å². The third-order valence-corrected chi connectivity index (χ3v) is 3.63. The quantitative estimate of drug-likeness (QED) is 0.787. The molecule has 0 aliphatic carbocycles. The van der Waals surface area contributed by atoms with Gasteiger partial charge in [0.1, 0.15) is 11.7 Å². The number of H-pyrrole nitrogens is 1. The average molecular weight is 337 g/mol. The van der Waals surface area contributed by atoms with Gasteiger partial charge in [-0.1, -0.05) is 30.3 Å². The lowest BCUT2D eigenvalue weighted by molar-refractivity contribution is -0.116. The molecule has 0 spiro atoms. The van der Waals surface area contributed by atoms with Crippen LogP contribution in [0.4, 0.5) is 11.5 Å². The van der Waals surface area contributed by atoms with Crippen LogP contribution in [-0.4, -0.2) is 27.9 Å². The highest BCUT2D eigenvalue weighted by molar-refractivity contribution is 6.29. The van der Waals surface area contributed by atoms with Gasteiger partial charge in [0.2, 0.25) is 5.91 Å². The van der Waals surface area contributed by atoms with Crippen molar-refractivity contribution in [2.75, 3.05) is 23.1 Å². The summed E-state index contributed by atoms with van der Waals surface area (Å²) in [7, 11) is 0. The Balaban J connectivity index is 2.57. The van der Waals surface area contributed by atoms with E-state index < -0.39 is 17.2 Å². The minimum atomic E-state index is -0.711. The molecule has 0 saturated heterocycles. The first kappa shape index (κ1) is 16.8. The summed E-state index contributed by atoms with van der Waals surface area (Å²) in [5.41, 5.74) is 5.44. The van der Waals surface area contributed by atoms with Crippen molar-refractivity contribution in [1.29, 1.82) is 0 Å². The second-order valence-electron chi connectivity index (χ2n) is 4.84. The van der Waals surface area contributed by atoms with Crippen molar-refractivity contribution in [2.45, 2.75) is 13.5 Å². The van der Waals surface area contributed by atoms with Gasteiger partial charge in [0.05, 0.1) is 6.54 Å². The summed E-state index contributed by atoms with van der Waals surface area (Å²) in [5.74, 6) is -0.816. The zero-order valence-electron chi connectivity index (χ0n) is 12.6. The highest BCUT2D eigenvalue weighted by atomic mass is 35.5. The summed E-state index contributed by atoms with van der Waals surface area (Å²) in [4.78, 5) is 39.4. The number of aromatic nitrogens is 2. The van der Waals surface area contributed by atoms with E-state index in [4.69, 9.17) is 17.3 Å². The topological polar surface area (TPSA) is 101 Å². The molecule has 0 unspecified atom stereocenters. The summed E-state index contributed by atoms with van der Waals surface area (Å²) in [6.07, 6.45) is 0. The standard InChI is InChI=1S/C15H17ClN4O3/c1-2-19(11(21)8-16)12-13(17)20(15(23)18-14(12)22)9-10-6-4-3-5-7-10/h3-7H,2,8-9,17H2,1H3,(H,18,22,23). The van der Waals surface area contributed by atoms with Crippen molar-refractivity contribution in [3.63, 3.8) is 0 Å². The zero-order valence-corrected chi connectivity index (χ0v) is 13.3. The second-order valence-corrected chi connectivity index (χ2v) is 5.10. The predicted molar refractivity (Wildman–Crippen MR) is 90.0 cm³/mol. The molecule has 0 saturated carbocycles. The fourth-order valence-electron chi connectivity index (χ4n) is 2.29. The largest absolute Gasteiger partial charge is 0.383 e. The van der Waals surface area contributed by atoms with Gasteiger partial charge >= 0.3 is 5.69 Å². The van der Waals surface area contributed by atoms with E-state index in [2.05, 4.69) is 4.98 Å². The van der Waals surface area contributed by atoms with Crippen LogP contribution >= 0.6 is 11.6 Å². The highest BCUT2D eigenvalue weighted by Crippen LogP contribution is 2.17. The van der Waals surface area contributed by atoms with Crippen LogP contribution in [0.1, 0.15) is 12.5 Å². The number of amides is 1. The molecule has 0 aliphatic heterocycles. The average Bonchev–Trinajstić information content (AvgIpc) is 2.55. The monoisotopic (exact) mass is 336 g/mol. The molecule has 8 heteroatoms. The molecule has 0 atom stereocenters. The van der Waals surface area contributed by atoms with E-state index in [1.807, 2.05) is 30.3 Å². The lowest BCUT2D eigenvalue weighted by Gasteiger charge is -2.22. The van der Waals surface area contributed by atoms with E-state index in [0.717, 1.165) is 5.56 Å². The van der Waals surface area contributed by atoms with E-state index in [-0.39, 0.29) is 30.5 Å². The first-order chi connectivity index (χ1) is 11.0. The van der Waals surface area contributed by atoms with Gasteiger partial charge < -0.3 is 10.6 Å². The maximum absolute atomic E-state index is 12.1. The Morgan fingerprint density at radius 1 is 1.30 bits per heavy atom. The smallest absolute Gasteiger partial charge is 0.330 e. The molecule has 0 bridgehead atoms. The van der Waals surface area contributed by atoms with Crippen molar-refractivity contribution >= 4 is 29.0 Å². The molecule has 0 fully saturated rings. The summed E-state index contributed by atoms with van der Waals surface area (Å²) in [5, 5.41) is 0. The van der Waals surface area contributed by atoms with Crippen LogP contribution in [0, 0.1) is 0 Å². The Kier molecular flexibility index (Phi) is 5.23. The van der Waals surface area contributed by atoms with Gasteiger partial charge in [-0.3, -0.25) is 19.1 Å². The van der Waals surface area contributed by atoms with E-state index >= 15 is 0 Å². The molecule has 0 aliphatic rings. The Morgan fingerprint density at radius 2 is 1.96 bits per heavy atom. The molecule has 0 radical (unpaired) electrons. The van der Waals surface area contributed by atoms with Crippen molar-refractivity contribution in [2.24, 2.45) is 0 Å². The first-order valence-electron chi connectivity index (χ1n) is 7.02. The number of nitrogens with one attached hydrogen (secondary N) is 1. The Hall–Kier alpha value is -2.54. The van der Waals surface area contributed by atoms with E-state index in [0.29, 0.717) is 0 Å². The normalized spacial score (nSPS) is 10.5. The highest BCUT2D eigenvalue weighted by Gasteiger charge is 2.22. The lowest BCUT2D eigenvalue weighted by atomic mass is 10.2. The number of hydrogen-bond donors (Lipinski definition) is 2. The molecule has 1 aromatic carbocycles. The fourth-order valence-corrected chi connectivity index (χ4v) is 2.44. The van der Waals surface area contributed by atoms with Crippen molar-refractivity contribution in [1.82, 2.24) is 9.55 Å². The maximum Gasteiger partial charge on any atom is 0.330 e. The SMILES string of the molecule is CCN(C(=O)CCl)c1c(N)n(Cc2ccccc2)c(=O)[nH]c1=O. The predicted octanol–water partition coefficient (Wildman–Crippen LogP) is 0.759. The number of carbonyl (C=O) groups is 1. The summed E-state index contributed by atoms with van der Waals surface area (Å²) in [6, 6.07) is 9.18. The number of benzene rings is 1. The van der Waals surface area contributed by atoms with Crippen LogP contribution in [0.15, 0.2) is 39.9 Å². The Morgan fingerprint density at radius 3 is 2.52 bits per heavy atom. The fraction of sp³-hybridized carbons (Fsp3) is 0.267. The number of hydrogen-bond acceptors (Lipinski definition) is 4. The molecule has 1 heterocycles. The maximum atomic E-state index is 12.1. The number of aromatic amines is 1. The van der Waals surface area contributed by atoms with Gasteiger partial charge in [0, 0.05) is 6.54 Å². The molecule has 2 aromatic rings. The first-order valence-corrected chi connectivity index (χ1v) is 7.55. The van der Waals surface area contributed by atoms with Crippen LogP contribution in [0.5, 0.6) is 0 Å². The lowest BCUT2D eigenvalue weighted by Crippen LogP contribution is -2.41. The van der Waals surface area contributed by atoms with Gasteiger partial charge in [-0.15, -0.1) is 11.6 Å². The molecule has 1 aromatic heterocycles. The number of alkyl halides is 1. The molecular formula is C15H17ClN4O3. The van der Waals surface area contributed by atoms with Gasteiger partial charge in [0.25, 0.3) is 5.56 Å². The van der Waals surface area contributed by atoms with Crippen LogP contribution in [-0.2, 0) is 11.3 Å². The second kappa shape index (κ2) is 7.15. The molecule has 3 N–H and O–H groups in total. The number of nitrogen functional groups attached to an aromatic ring is 1. The third kappa shape index (κ3) is 3.45. The zero-order chi connectivity index (χ0) is 17.0. The number of halogens is 1. The van der Waals surface area contributed by atoms with Gasteiger partial charge in [0.15, 0.2) is 5.69 Å². The third-order valence-electron chi connectivity index (χ3n) is 3.40. The van der Waals surface area contributed by atoms with E-state index in [9.17, 15) is 14.4 Å². The van der Waals surface area contributed by atoms with Crippen LogP contribution in [0.25, 0.3) is 0 Å². The van der Waals surface area contributed by atoms with Crippen LogP contribution in [0.2, 0.25) is 0 Å². The molecule has 2 rings (SSSR count). The Bertz CT molecular complexity index is 814. The van der Waals surface area contributed by atoms with Crippen LogP contribution < -0.4 is 21.9 Å². The number of nitrogens with zero attached hydrogens (tertiary/aromatic N) is 2. The number of anilines is 2. The molecule has 122 valence electrons. The summed E-state index contributed by atoms with van der Waals surface area (Å²) >= 11 is 5.57. The van der Waals surface area contributed by atoms with Gasteiger partial charge in [-0.05, 0) is 12.5 Å². The summed E-state index contributed by atoms with van der Waals surface area (Å²) < 4.78 is 1.22. The number of rotatable bonds is 5. The minimum Gasteiger partial charge on any atom is -0.383 e. The van der Waals surface area contributed by atoms with E-state index in [1.54, 1.807) is 6.92 Å². The van der Waals surface area contributed by atoms with Crippen molar-refractivity contribution in [3.8, 4) is 0 Å². The summed E-state index contributed by atoms with van der Waals surface area (Å²) in [6.45, 7) is 2.08. The number of nitrogens with two attached hydrogens (primary N) is 1. The molecular weight excluding hydrogens is 320 g/mol. The van der Waals surface area contributed by atoms with Crippen molar-refractivity contribution < 1.29 is 4.79 Å². The molecule has 1 amide bonds.